The van der Waals surface area contributed by atoms with Crippen molar-refractivity contribution in [3.63, 3.8) is 0 Å². The van der Waals surface area contributed by atoms with Gasteiger partial charge in [0, 0.05) is 24.3 Å². The van der Waals surface area contributed by atoms with Crippen LogP contribution in [0.5, 0.6) is 5.75 Å². The molecule has 1 aliphatic rings. The van der Waals surface area contributed by atoms with Gasteiger partial charge in [0.1, 0.15) is 5.75 Å². The molecule has 27 heavy (non-hydrogen) atoms. The topological polar surface area (TPSA) is 41.6 Å². The molecule has 1 N–H and O–H groups in total. The Bertz CT molecular complexity index is 783. The van der Waals surface area contributed by atoms with Crippen LogP contribution >= 0.6 is 11.6 Å². The lowest BCUT2D eigenvalue weighted by Crippen LogP contribution is -2.32. The van der Waals surface area contributed by atoms with Gasteiger partial charge in [-0.15, -0.1) is 0 Å². The Morgan fingerprint density at radius 2 is 1.85 bits per heavy atom. The molecule has 0 aromatic heterocycles. The fourth-order valence-corrected chi connectivity index (χ4v) is 3.67. The summed E-state index contributed by atoms with van der Waals surface area (Å²) in [5, 5.41) is 3.46. The molecule has 1 aliphatic heterocycles. The van der Waals surface area contributed by atoms with Gasteiger partial charge >= 0.3 is 0 Å². The van der Waals surface area contributed by atoms with E-state index < -0.39 is 0 Å². The van der Waals surface area contributed by atoms with Crippen LogP contribution in [0.2, 0.25) is 5.02 Å². The van der Waals surface area contributed by atoms with Crippen LogP contribution in [0.3, 0.4) is 0 Å². The maximum absolute atomic E-state index is 12.5. The molecule has 0 unspecified atom stereocenters. The number of piperidine rings is 1. The predicted octanol–water partition coefficient (Wildman–Crippen LogP) is 5.08. The number of carbonyl (C=O) groups is 1. The molecular weight excluding hydrogens is 360 g/mol. The van der Waals surface area contributed by atoms with Crippen molar-refractivity contribution in [3.05, 3.63) is 58.6 Å². The van der Waals surface area contributed by atoms with E-state index >= 15 is 0 Å². The van der Waals surface area contributed by atoms with E-state index in [4.69, 9.17) is 16.3 Å². The van der Waals surface area contributed by atoms with Gasteiger partial charge in [0.05, 0.1) is 18.2 Å². The van der Waals surface area contributed by atoms with Gasteiger partial charge in [0.15, 0.2) is 0 Å². The molecule has 0 saturated carbocycles. The third-order valence-corrected chi connectivity index (χ3v) is 5.60. The molecule has 0 bridgehead atoms. The highest BCUT2D eigenvalue weighted by atomic mass is 35.5. The van der Waals surface area contributed by atoms with Gasteiger partial charge in [-0.25, -0.2) is 0 Å². The SMILES string of the molecule is COc1ccc(C(=O)N[C@@H](C)c2ccc(N3CCC(C)CC3)cc2)cc1Cl. The summed E-state index contributed by atoms with van der Waals surface area (Å²) in [6.45, 7) is 6.54. The number of ether oxygens (including phenoxy) is 1. The molecule has 2 aromatic rings. The summed E-state index contributed by atoms with van der Waals surface area (Å²) in [5.41, 5.74) is 2.86. The minimum absolute atomic E-state index is 0.0891. The molecular formula is C22H27ClN2O2. The summed E-state index contributed by atoms with van der Waals surface area (Å²) >= 11 is 6.12. The van der Waals surface area contributed by atoms with Crippen molar-refractivity contribution in [2.75, 3.05) is 25.1 Å². The molecule has 1 amide bonds. The van der Waals surface area contributed by atoms with E-state index in [-0.39, 0.29) is 11.9 Å². The molecule has 1 heterocycles. The zero-order chi connectivity index (χ0) is 19.4. The number of amides is 1. The van der Waals surface area contributed by atoms with E-state index in [0.717, 1.165) is 24.6 Å². The lowest BCUT2D eigenvalue weighted by atomic mass is 9.98. The van der Waals surface area contributed by atoms with Crippen LogP contribution in [0.25, 0.3) is 0 Å². The Balaban J connectivity index is 1.63. The molecule has 4 nitrogen and oxygen atoms in total. The zero-order valence-corrected chi connectivity index (χ0v) is 16.9. The summed E-state index contributed by atoms with van der Waals surface area (Å²) in [7, 11) is 1.55. The normalized spacial score (nSPS) is 16.1. The minimum atomic E-state index is -0.152. The number of hydrogen-bond donors (Lipinski definition) is 1. The molecule has 3 rings (SSSR count). The average Bonchev–Trinajstić information content (AvgIpc) is 2.68. The van der Waals surface area contributed by atoms with Crippen molar-refractivity contribution in [2.24, 2.45) is 5.92 Å². The van der Waals surface area contributed by atoms with E-state index in [1.54, 1.807) is 25.3 Å². The predicted molar refractivity (Wildman–Crippen MR) is 111 cm³/mol. The third kappa shape index (κ3) is 4.75. The Morgan fingerprint density at radius 3 is 2.44 bits per heavy atom. The first-order valence-corrected chi connectivity index (χ1v) is 9.85. The van der Waals surface area contributed by atoms with Crippen LogP contribution in [0.1, 0.15) is 48.7 Å². The molecule has 2 aromatic carbocycles. The molecule has 1 saturated heterocycles. The second kappa shape index (κ2) is 8.66. The molecule has 1 atom stereocenters. The summed E-state index contributed by atoms with van der Waals surface area (Å²) < 4.78 is 5.13. The number of nitrogens with one attached hydrogen (secondary N) is 1. The van der Waals surface area contributed by atoms with E-state index in [1.807, 2.05) is 6.92 Å². The van der Waals surface area contributed by atoms with Crippen molar-refractivity contribution >= 4 is 23.2 Å². The average molecular weight is 387 g/mol. The van der Waals surface area contributed by atoms with Crippen LogP contribution in [0, 0.1) is 5.92 Å². The van der Waals surface area contributed by atoms with Crippen molar-refractivity contribution in [2.45, 2.75) is 32.7 Å². The van der Waals surface area contributed by atoms with Gasteiger partial charge in [-0.1, -0.05) is 30.7 Å². The highest BCUT2D eigenvalue weighted by Crippen LogP contribution is 2.26. The maximum Gasteiger partial charge on any atom is 0.251 e. The standard InChI is InChI=1S/C22H27ClN2O2/c1-15-10-12-25(13-11-15)19-7-4-17(5-8-19)16(2)24-22(26)18-6-9-21(27-3)20(23)14-18/h4-9,14-16H,10-13H2,1-3H3,(H,24,26)/t16-/m0/s1. The lowest BCUT2D eigenvalue weighted by molar-refractivity contribution is 0.0940. The van der Waals surface area contributed by atoms with Gasteiger partial charge in [0.25, 0.3) is 5.91 Å². The van der Waals surface area contributed by atoms with Gasteiger partial charge in [-0.3, -0.25) is 4.79 Å². The van der Waals surface area contributed by atoms with Crippen molar-refractivity contribution in [1.29, 1.82) is 0 Å². The number of methoxy groups -OCH3 is 1. The van der Waals surface area contributed by atoms with Gasteiger partial charge < -0.3 is 15.0 Å². The lowest BCUT2D eigenvalue weighted by Gasteiger charge is -2.32. The zero-order valence-electron chi connectivity index (χ0n) is 16.2. The molecule has 0 aliphatic carbocycles. The van der Waals surface area contributed by atoms with Crippen molar-refractivity contribution in [3.8, 4) is 5.75 Å². The Labute approximate surface area is 166 Å². The molecule has 5 heteroatoms. The van der Waals surface area contributed by atoms with Gasteiger partial charge in [-0.2, -0.15) is 0 Å². The highest BCUT2D eigenvalue weighted by molar-refractivity contribution is 6.32. The number of halogens is 1. The third-order valence-electron chi connectivity index (χ3n) is 5.30. The van der Waals surface area contributed by atoms with Crippen LogP contribution in [0.15, 0.2) is 42.5 Å². The number of rotatable bonds is 5. The van der Waals surface area contributed by atoms with Gasteiger partial charge in [0.2, 0.25) is 0 Å². The summed E-state index contributed by atoms with van der Waals surface area (Å²) in [5.74, 6) is 1.23. The molecule has 0 spiro atoms. The van der Waals surface area contributed by atoms with Crippen LogP contribution in [0.4, 0.5) is 5.69 Å². The van der Waals surface area contributed by atoms with E-state index in [2.05, 4.69) is 41.4 Å². The minimum Gasteiger partial charge on any atom is -0.495 e. The number of benzene rings is 2. The summed E-state index contributed by atoms with van der Waals surface area (Å²) in [4.78, 5) is 14.9. The molecule has 0 radical (unpaired) electrons. The monoisotopic (exact) mass is 386 g/mol. The molecule has 1 fully saturated rings. The fraction of sp³-hybridized carbons (Fsp3) is 0.409. The summed E-state index contributed by atoms with van der Waals surface area (Å²) in [6, 6.07) is 13.5. The smallest absolute Gasteiger partial charge is 0.251 e. The number of anilines is 1. The second-order valence-corrected chi connectivity index (χ2v) is 7.71. The Morgan fingerprint density at radius 1 is 1.19 bits per heavy atom. The first-order valence-electron chi connectivity index (χ1n) is 9.47. The molecule has 144 valence electrons. The maximum atomic E-state index is 12.5. The Hall–Kier alpha value is -2.20. The summed E-state index contributed by atoms with van der Waals surface area (Å²) in [6.07, 6.45) is 2.50. The second-order valence-electron chi connectivity index (χ2n) is 7.31. The first-order chi connectivity index (χ1) is 13.0. The van der Waals surface area contributed by atoms with Crippen LogP contribution < -0.4 is 15.0 Å². The largest absolute Gasteiger partial charge is 0.495 e. The van der Waals surface area contributed by atoms with E-state index in [1.165, 1.54) is 18.5 Å². The number of hydrogen-bond acceptors (Lipinski definition) is 3. The fourth-order valence-electron chi connectivity index (χ4n) is 3.41. The highest BCUT2D eigenvalue weighted by Gasteiger charge is 2.17. The van der Waals surface area contributed by atoms with Crippen molar-refractivity contribution in [1.82, 2.24) is 5.32 Å². The number of carbonyl (C=O) groups excluding carboxylic acids is 1. The number of nitrogens with zero attached hydrogens (tertiary/aromatic N) is 1. The van der Waals surface area contributed by atoms with E-state index in [9.17, 15) is 4.79 Å². The van der Waals surface area contributed by atoms with Gasteiger partial charge in [-0.05, 0) is 61.6 Å². The first kappa shape index (κ1) is 19.6. The quantitative estimate of drug-likeness (QED) is 0.779. The Kier molecular flexibility index (Phi) is 6.27. The van der Waals surface area contributed by atoms with Crippen LogP contribution in [-0.2, 0) is 0 Å². The van der Waals surface area contributed by atoms with Crippen LogP contribution in [-0.4, -0.2) is 26.1 Å². The van der Waals surface area contributed by atoms with Crippen molar-refractivity contribution < 1.29 is 9.53 Å². The van der Waals surface area contributed by atoms with E-state index in [0.29, 0.717) is 16.3 Å².